The summed E-state index contributed by atoms with van der Waals surface area (Å²) in [5.41, 5.74) is 5.94. The van der Waals surface area contributed by atoms with E-state index in [1.807, 2.05) is 0 Å². The van der Waals surface area contributed by atoms with E-state index in [4.69, 9.17) is 28.9 Å². The maximum Gasteiger partial charge on any atom is 0.265 e. The largest absolute Gasteiger partial charge is 0.398 e. The van der Waals surface area contributed by atoms with Gasteiger partial charge in [0.1, 0.15) is 9.50 Å². The van der Waals surface area contributed by atoms with Crippen LogP contribution in [0.5, 0.6) is 0 Å². The minimum Gasteiger partial charge on any atom is -0.398 e. The zero-order valence-corrected chi connectivity index (χ0v) is 13.7. The summed E-state index contributed by atoms with van der Waals surface area (Å²) in [6, 6.07) is 5.79. The van der Waals surface area contributed by atoms with Crippen molar-refractivity contribution in [3.8, 4) is 0 Å². The van der Waals surface area contributed by atoms with Gasteiger partial charge in [-0.25, -0.2) is 13.4 Å². The highest BCUT2D eigenvalue weighted by atomic mass is 79.9. The van der Waals surface area contributed by atoms with Crippen molar-refractivity contribution >= 4 is 60.5 Å². The Balaban J connectivity index is 2.43. The molecule has 0 unspecified atom stereocenters. The SMILES string of the molecule is Nc1cc(Cl)cc(Cl)c1S(=O)(=O)Nc1ccc(Br)nc1. The summed E-state index contributed by atoms with van der Waals surface area (Å²) in [7, 11) is -3.93. The Morgan fingerprint density at radius 1 is 1.25 bits per heavy atom. The van der Waals surface area contributed by atoms with Gasteiger partial charge in [0.2, 0.25) is 0 Å². The first kappa shape index (κ1) is 15.4. The molecule has 0 amide bonds. The predicted molar refractivity (Wildman–Crippen MR) is 83.6 cm³/mol. The van der Waals surface area contributed by atoms with Crippen LogP contribution in [0, 0.1) is 0 Å². The van der Waals surface area contributed by atoms with E-state index in [-0.39, 0.29) is 20.6 Å². The van der Waals surface area contributed by atoms with Crippen LogP contribution in [0.1, 0.15) is 0 Å². The predicted octanol–water partition coefficient (Wildman–Crippen LogP) is 3.53. The second-order valence-corrected chi connectivity index (χ2v) is 7.06. The van der Waals surface area contributed by atoms with Crippen molar-refractivity contribution in [3.63, 3.8) is 0 Å². The number of benzene rings is 1. The number of nitrogens with zero attached hydrogens (tertiary/aromatic N) is 1. The minimum absolute atomic E-state index is 0.0277. The zero-order valence-electron chi connectivity index (χ0n) is 9.77. The molecular formula is C11H8BrCl2N3O2S. The van der Waals surface area contributed by atoms with Gasteiger partial charge in [-0.3, -0.25) is 4.72 Å². The van der Waals surface area contributed by atoms with E-state index in [0.717, 1.165) is 0 Å². The molecule has 0 aliphatic rings. The summed E-state index contributed by atoms with van der Waals surface area (Å²) in [6.45, 7) is 0. The molecule has 1 aromatic heterocycles. The quantitative estimate of drug-likeness (QED) is 0.613. The number of rotatable bonds is 3. The maximum atomic E-state index is 12.3. The molecule has 9 heteroatoms. The Hall–Kier alpha value is -1.02. The molecule has 3 N–H and O–H groups in total. The van der Waals surface area contributed by atoms with Crippen molar-refractivity contribution in [2.75, 3.05) is 10.5 Å². The van der Waals surface area contributed by atoms with E-state index in [9.17, 15) is 8.42 Å². The summed E-state index contributed by atoms with van der Waals surface area (Å²) in [5, 5.41) is 0.212. The Morgan fingerprint density at radius 3 is 2.50 bits per heavy atom. The average molecular weight is 397 g/mol. The molecule has 1 heterocycles. The van der Waals surface area contributed by atoms with Gasteiger partial charge in [0.15, 0.2) is 0 Å². The molecule has 0 spiro atoms. The minimum atomic E-state index is -3.93. The van der Waals surface area contributed by atoms with E-state index in [2.05, 4.69) is 25.6 Å². The van der Waals surface area contributed by atoms with Crippen LogP contribution in [0.15, 0.2) is 40.0 Å². The Morgan fingerprint density at radius 2 is 1.95 bits per heavy atom. The van der Waals surface area contributed by atoms with Crippen LogP contribution < -0.4 is 10.5 Å². The molecule has 0 saturated carbocycles. The van der Waals surface area contributed by atoms with Crippen LogP contribution in [0.2, 0.25) is 10.0 Å². The van der Waals surface area contributed by atoms with E-state index in [0.29, 0.717) is 10.3 Å². The molecule has 0 aliphatic carbocycles. The van der Waals surface area contributed by atoms with Crippen molar-refractivity contribution in [1.82, 2.24) is 4.98 Å². The fraction of sp³-hybridized carbons (Fsp3) is 0. The van der Waals surface area contributed by atoms with E-state index < -0.39 is 10.0 Å². The molecule has 2 rings (SSSR count). The van der Waals surface area contributed by atoms with Gasteiger partial charge in [-0.05, 0) is 40.2 Å². The molecule has 20 heavy (non-hydrogen) atoms. The standard InChI is InChI=1S/C11H8BrCl2N3O2S/c12-10-2-1-7(5-16-10)17-20(18,19)11-8(14)3-6(13)4-9(11)15/h1-5,17H,15H2. The maximum absolute atomic E-state index is 12.3. The third kappa shape index (κ3) is 3.35. The summed E-state index contributed by atoms with van der Waals surface area (Å²) in [6.07, 6.45) is 1.36. The molecule has 0 aliphatic heterocycles. The lowest BCUT2D eigenvalue weighted by Crippen LogP contribution is -2.15. The van der Waals surface area contributed by atoms with Crippen LogP contribution in [0.4, 0.5) is 11.4 Å². The number of hydrogen-bond donors (Lipinski definition) is 2. The summed E-state index contributed by atoms with van der Waals surface area (Å²) < 4.78 is 27.5. The number of hydrogen-bond acceptors (Lipinski definition) is 4. The van der Waals surface area contributed by atoms with Crippen LogP contribution in [0.25, 0.3) is 0 Å². The second kappa shape index (κ2) is 5.77. The number of sulfonamides is 1. The highest BCUT2D eigenvalue weighted by Crippen LogP contribution is 2.32. The summed E-state index contributed by atoms with van der Waals surface area (Å²) in [4.78, 5) is 3.70. The molecule has 1 aromatic carbocycles. The second-order valence-electron chi connectivity index (χ2n) is 3.78. The Kier molecular flexibility index (Phi) is 4.43. The fourth-order valence-corrected chi connectivity index (χ4v) is 3.77. The van der Waals surface area contributed by atoms with E-state index >= 15 is 0 Å². The van der Waals surface area contributed by atoms with E-state index in [1.54, 1.807) is 12.1 Å². The lowest BCUT2D eigenvalue weighted by atomic mass is 10.3. The fourth-order valence-electron chi connectivity index (χ4n) is 1.51. The number of nitrogen functional groups attached to an aromatic ring is 1. The van der Waals surface area contributed by atoms with Gasteiger partial charge in [0.25, 0.3) is 10.0 Å². The van der Waals surface area contributed by atoms with Gasteiger partial charge in [0.05, 0.1) is 22.6 Å². The van der Waals surface area contributed by atoms with Gasteiger partial charge in [-0.1, -0.05) is 23.2 Å². The molecule has 2 aromatic rings. The number of halogens is 3. The van der Waals surface area contributed by atoms with Crippen LogP contribution in [0.3, 0.4) is 0 Å². The van der Waals surface area contributed by atoms with Gasteiger partial charge in [0, 0.05) is 5.02 Å². The number of nitrogens with one attached hydrogen (secondary N) is 1. The van der Waals surface area contributed by atoms with Gasteiger partial charge >= 0.3 is 0 Å². The van der Waals surface area contributed by atoms with Gasteiger partial charge in [-0.15, -0.1) is 0 Å². The van der Waals surface area contributed by atoms with Crippen LogP contribution in [-0.4, -0.2) is 13.4 Å². The van der Waals surface area contributed by atoms with Gasteiger partial charge in [-0.2, -0.15) is 0 Å². The molecule has 5 nitrogen and oxygen atoms in total. The van der Waals surface area contributed by atoms with Crippen LogP contribution in [-0.2, 0) is 10.0 Å². The third-order valence-electron chi connectivity index (χ3n) is 2.29. The molecule has 0 fully saturated rings. The Bertz CT molecular complexity index is 728. The molecular weight excluding hydrogens is 389 g/mol. The number of aromatic nitrogens is 1. The number of anilines is 2. The monoisotopic (exact) mass is 395 g/mol. The molecule has 0 saturated heterocycles. The number of pyridine rings is 1. The van der Waals surface area contributed by atoms with Crippen LogP contribution >= 0.6 is 39.1 Å². The topological polar surface area (TPSA) is 85.1 Å². The van der Waals surface area contributed by atoms with Crippen molar-refractivity contribution in [2.24, 2.45) is 0 Å². The van der Waals surface area contributed by atoms with Crippen molar-refractivity contribution in [3.05, 3.63) is 45.1 Å². The zero-order chi connectivity index (χ0) is 14.9. The normalized spacial score (nSPS) is 11.3. The molecule has 0 radical (unpaired) electrons. The summed E-state index contributed by atoms with van der Waals surface area (Å²) in [5.74, 6) is 0. The highest BCUT2D eigenvalue weighted by Gasteiger charge is 2.22. The average Bonchev–Trinajstić information content (AvgIpc) is 2.30. The number of nitrogens with two attached hydrogens (primary N) is 1. The lowest BCUT2D eigenvalue weighted by Gasteiger charge is -2.12. The highest BCUT2D eigenvalue weighted by molar-refractivity contribution is 9.10. The first-order chi connectivity index (χ1) is 9.29. The first-order valence-corrected chi connectivity index (χ1v) is 8.22. The Labute approximate surface area is 134 Å². The molecule has 106 valence electrons. The third-order valence-corrected chi connectivity index (χ3v) is 4.88. The smallest absolute Gasteiger partial charge is 0.265 e. The lowest BCUT2D eigenvalue weighted by molar-refractivity contribution is 0.601. The van der Waals surface area contributed by atoms with Crippen molar-refractivity contribution in [2.45, 2.75) is 4.90 Å². The molecule has 0 atom stereocenters. The molecule has 0 bridgehead atoms. The first-order valence-electron chi connectivity index (χ1n) is 5.18. The summed E-state index contributed by atoms with van der Waals surface area (Å²) >= 11 is 14.8. The van der Waals surface area contributed by atoms with Crippen molar-refractivity contribution in [1.29, 1.82) is 0 Å². The van der Waals surface area contributed by atoms with E-state index in [1.165, 1.54) is 18.3 Å². The van der Waals surface area contributed by atoms with Gasteiger partial charge < -0.3 is 5.73 Å². The van der Waals surface area contributed by atoms with Crippen molar-refractivity contribution < 1.29 is 8.42 Å².